The first-order valence-corrected chi connectivity index (χ1v) is 9.20. The van der Waals surface area contributed by atoms with Gasteiger partial charge in [0, 0.05) is 6.07 Å². The fourth-order valence-electron chi connectivity index (χ4n) is 2.91. The van der Waals surface area contributed by atoms with Crippen LogP contribution in [0.5, 0.6) is 11.5 Å². The Balaban J connectivity index is 1.80. The fourth-order valence-corrected chi connectivity index (χ4v) is 2.91. The normalized spacial score (nSPS) is 10.5. The molecule has 0 atom stereocenters. The molecule has 1 heterocycles. The molecule has 0 aliphatic rings. The van der Waals surface area contributed by atoms with Crippen LogP contribution in [0.25, 0.3) is 0 Å². The molecule has 0 fully saturated rings. The third-order valence-corrected chi connectivity index (χ3v) is 4.35. The van der Waals surface area contributed by atoms with Crippen LogP contribution in [-0.4, -0.2) is 19.6 Å². The van der Waals surface area contributed by atoms with Crippen LogP contribution in [-0.2, 0) is 17.8 Å². The third-order valence-electron chi connectivity index (χ3n) is 4.35. The standard InChI is InChI=1S/C23H21F2NO4/c1-3-5-16-7-10-21(22(12-16)28-2)30-15-23(27)26(14-18-6-4-11-29-18)20-9-8-17(24)13-19(20)25/h3-4,6-13H,1,5,14-15H2,2H3. The zero-order valence-corrected chi connectivity index (χ0v) is 16.4. The predicted octanol–water partition coefficient (Wildman–Crippen LogP) is 4.91. The average molecular weight is 413 g/mol. The number of halogens is 2. The van der Waals surface area contributed by atoms with Crippen LogP contribution in [0.3, 0.4) is 0 Å². The number of amides is 1. The lowest BCUT2D eigenvalue weighted by molar-refractivity contribution is -0.120. The van der Waals surface area contributed by atoms with Crippen molar-refractivity contribution in [1.29, 1.82) is 0 Å². The van der Waals surface area contributed by atoms with E-state index >= 15 is 0 Å². The number of benzene rings is 2. The number of hydrogen-bond acceptors (Lipinski definition) is 4. The SMILES string of the molecule is C=CCc1ccc(OCC(=O)N(Cc2ccco2)c2ccc(F)cc2F)c(OC)c1. The van der Waals surface area contributed by atoms with Crippen molar-refractivity contribution in [3.05, 3.63) is 90.4 Å². The fraction of sp³-hybridized carbons (Fsp3) is 0.174. The summed E-state index contributed by atoms with van der Waals surface area (Å²) in [6.07, 6.45) is 3.88. The topological polar surface area (TPSA) is 51.9 Å². The van der Waals surface area contributed by atoms with Crippen molar-refractivity contribution in [3.8, 4) is 11.5 Å². The number of nitrogens with zero attached hydrogens (tertiary/aromatic N) is 1. The van der Waals surface area contributed by atoms with E-state index in [1.165, 1.54) is 19.4 Å². The van der Waals surface area contributed by atoms with Gasteiger partial charge in [0.1, 0.15) is 17.4 Å². The second-order valence-corrected chi connectivity index (χ2v) is 6.42. The summed E-state index contributed by atoms with van der Waals surface area (Å²) in [4.78, 5) is 14.0. The van der Waals surface area contributed by atoms with Crippen molar-refractivity contribution >= 4 is 11.6 Å². The van der Waals surface area contributed by atoms with Gasteiger partial charge < -0.3 is 13.9 Å². The minimum absolute atomic E-state index is 0.0346. The second kappa shape index (κ2) is 9.73. The van der Waals surface area contributed by atoms with E-state index in [0.29, 0.717) is 23.7 Å². The Bertz CT molecular complexity index is 1020. The zero-order chi connectivity index (χ0) is 21.5. The summed E-state index contributed by atoms with van der Waals surface area (Å²) >= 11 is 0. The second-order valence-electron chi connectivity index (χ2n) is 6.42. The number of carbonyl (C=O) groups excluding carboxylic acids is 1. The van der Waals surface area contributed by atoms with Crippen LogP contribution in [0.1, 0.15) is 11.3 Å². The number of furan rings is 1. The number of rotatable bonds is 9. The first-order chi connectivity index (χ1) is 14.5. The smallest absolute Gasteiger partial charge is 0.265 e. The van der Waals surface area contributed by atoms with Gasteiger partial charge in [-0.25, -0.2) is 8.78 Å². The van der Waals surface area contributed by atoms with Crippen LogP contribution in [0.4, 0.5) is 14.5 Å². The van der Waals surface area contributed by atoms with Crippen molar-refractivity contribution in [2.24, 2.45) is 0 Å². The molecule has 2 aromatic carbocycles. The van der Waals surface area contributed by atoms with Gasteiger partial charge >= 0.3 is 0 Å². The maximum Gasteiger partial charge on any atom is 0.265 e. The molecule has 0 N–H and O–H groups in total. The molecule has 156 valence electrons. The molecule has 0 radical (unpaired) electrons. The highest BCUT2D eigenvalue weighted by atomic mass is 19.1. The van der Waals surface area contributed by atoms with Crippen LogP contribution < -0.4 is 14.4 Å². The lowest BCUT2D eigenvalue weighted by Gasteiger charge is -2.23. The molecule has 3 aromatic rings. The molecule has 7 heteroatoms. The maximum absolute atomic E-state index is 14.4. The minimum Gasteiger partial charge on any atom is -0.493 e. The first kappa shape index (κ1) is 21.1. The summed E-state index contributed by atoms with van der Waals surface area (Å²) in [5.74, 6) is -0.847. The lowest BCUT2D eigenvalue weighted by atomic mass is 10.1. The Hall–Kier alpha value is -3.61. The summed E-state index contributed by atoms with van der Waals surface area (Å²) < 4.78 is 43.9. The molecule has 0 saturated carbocycles. The van der Waals surface area contributed by atoms with E-state index in [1.807, 2.05) is 6.07 Å². The van der Waals surface area contributed by atoms with Gasteiger partial charge in [-0.15, -0.1) is 6.58 Å². The number of hydrogen-bond donors (Lipinski definition) is 0. The average Bonchev–Trinajstić information content (AvgIpc) is 3.24. The number of carbonyl (C=O) groups is 1. The van der Waals surface area contributed by atoms with Crippen molar-refractivity contribution in [3.63, 3.8) is 0 Å². The van der Waals surface area contributed by atoms with Crippen LogP contribution >= 0.6 is 0 Å². The molecular weight excluding hydrogens is 392 g/mol. The van der Waals surface area contributed by atoms with Crippen molar-refractivity contribution in [1.82, 2.24) is 0 Å². The Labute approximate surface area is 173 Å². The van der Waals surface area contributed by atoms with Gasteiger partial charge in [-0.05, 0) is 48.4 Å². The number of anilines is 1. The molecular formula is C23H21F2NO4. The molecule has 30 heavy (non-hydrogen) atoms. The van der Waals surface area contributed by atoms with Crippen LogP contribution in [0, 0.1) is 11.6 Å². The molecule has 0 spiro atoms. The summed E-state index contributed by atoms with van der Waals surface area (Å²) in [6, 6.07) is 11.7. The van der Waals surface area contributed by atoms with Crippen molar-refractivity contribution < 1.29 is 27.5 Å². The van der Waals surface area contributed by atoms with E-state index in [1.54, 1.807) is 30.3 Å². The van der Waals surface area contributed by atoms with Gasteiger partial charge in [-0.2, -0.15) is 0 Å². The summed E-state index contributed by atoms with van der Waals surface area (Å²) in [7, 11) is 1.50. The van der Waals surface area contributed by atoms with E-state index < -0.39 is 17.5 Å². The van der Waals surface area contributed by atoms with E-state index in [0.717, 1.165) is 22.6 Å². The molecule has 0 bridgehead atoms. The minimum atomic E-state index is -0.860. The Morgan fingerprint density at radius 2 is 2.00 bits per heavy atom. The Morgan fingerprint density at radius 3 is 2.67 bits per heavy atom. The highest BCUT2D eigenvalue weighted by Crippen LogP contribution is 2.29. The quantitative estimate of drug-likeness (QED) is 0.468. The number of allylic oxidation sites excluding steroid dienone is 1. The Kier molecular flexibility index (Phi) is 6.85. The van der Waals surface area contributed by atoms with Crippen LogP contribution in [0.15, 0.2) is 71.9 Å². The maximum atomic E-state index is 14.4. The molecule has 0 saturated heterocycles. The molecule has 3 rings (SSSR count). The summed E-state index contributed by atoms with van der Waals surface area (Å²) in [5, 5.41) is 0. The first-order valence-electron chi connectivity index (χ1n) is 9.20. The van der Waals surface area contributed by atoms with E-state index in [9.17, 15) is 13.6 Å². The number of methoxy groups -OCH3 is 1. The van der Waals surface area contributed by atoms with Gasteiger partial charge in [-0.3, -0.25) is 9.69 Å². The molecule has 5 nitrogen and oxygen atoms in total. The number of ether oxygens (including phenoxy) is 2. The van der Waals surface area contributed by atoms with E-state index in [4.69, 9.17) is 13.9 Å². The van der Waals surface area contributed by atoms with E-state index in [2.05, 4.69) is 6.58 Å². The third kappa shape index (κ3) is 5.05. The monoisotopic (exact) mass is 413 g/mol. The largest absolute Gasteiger partial charge is 0.493 e. The molecule has 1 amide bonds. The van der Waals surface area contributed by atoms with Crippen molar-refractivity contribution in [2.75, 3.05) is 18.6 Å². The van der Waals surface area contributed by atoms with Crippen molar-refractivity contribution in [2.45, 2.75) is 13.0 Å². The predicted molar refractivity (Wildman–Crippen MR) is 109 cm³/mol. The lowest BCUT2D eigenvalue weighted by Crippen LogP contribution is -2.35. The molecule has 0 unspecified atom stereocenters. The van der Waals surface area contributed by atoms with Gasteiger partial charge in [-0.1, -0.05) is 12.1 Å². The molecule has 0 aliphatic carbocycles. The van der Waals surface area contributed by atoms with Gasteiger partial charge in [0.2, 0.25) is 0 Å². The Morgan fingerprint density at radius 1 is 1.17 bits per heavy atom. The molecule has 1 aromatic heterocycles. The highest BCUT2D eigenvalue weighted by molar-refractivity contribution is 5.94. The van der Waals surface area contributed by atoms with Gasteiger partial charge in [0.15, 0.2) is 18.1 Å². The van der Waals surface area contributed by atoms with Gasteiger partial charge in [0.05, 0.1) is 25.6 Å². The van der Waals surface area contributed by atoms with E-state index in [-0.39, 0.29) is 18.8 Å². The zero-order valence-electron chi connectivity index (χ0n) is 16.4. The molecule has 0 aliphatic heterocycles. The summed E-state index contributed by atoms with van der Waals surface area (Å²) in [6.45, 7) is 3.29. The van der Waals surface area contributed by atoms with Gasteiger partial charge in [0.25, 0.3) is 5.91 Å². The highest BCUT2D eigenvalue weighted by Gasteiger charge is 2.22. The van der Waals surface area contributed by atoms with Crippen LogP contribution in [0.2, 0.25) is 0 Å². The summed E-state index contributed by atoms with van der Waals surface area (Å²) in [5.41, 5.74) is 0.906.